The molecule has 3 nitrogen and oxygen atoms in total. The van der Waals surface area contributed by atoms with Gasteiger partial charge in [0.25, 0.3) is 5.91 Å². The Kier molecular flexibility index (Phi) is 5.03. The van der Waals surface area contributed by atoms with Gasteiger partial charge in [0.2, 0.25) is 0 Å². The first-order chi connectivity index (χ1) is 10.4. The zero-order chi connectivity index (χ0) is 16.3. The highest BCUT2D eigenvalue weighted by atomic mass is 35.5. The molecule has 0 saturated carbocycles. The molecule has 0 atom stereocenters. The third kappa shape index (κ3) is 3.77. The van der Waals surface area contributed by atoms with E-state index in [2.05, 4.69) is 5.32 Å². The van der Waals surface area contributed by atoms with Crippen molar-refractivity contribution in [2.45, 2.75) is 20.8 Å². The van der Waals surface area contributed by atoms with Crippen LogP contribution in [0.25, 0.3) is 0 Å². The topological polar surface area (TPSA) is 38.3 Å². The summed E-state index contributed by atoms with van der Waals surface area (Å²) in [4.78, 5) is 11.9. The number of ether oxygens (including phenoxy) is 1. The first-order valence-electron chi connectivity index (χ1n) is 6.83. The summed E-state index contributed by atoms with van der Waals surface area (Å²) < 4.78 is 19.2. The van der Waals surface area contributed by atoms with E-state index in [0.717, 1.165) is 22.8 Å². The van der Waals surface area contributed by atoms with Gasteiger partial charge in [-0.2, -0.15) is 0 Å². The third-order valence-electron chi connectivity index (χ3n) is 3.43. The zero-order valence-corrected chi connectivity index (χ0v) is 13.4. The average molecular weight is 322 g/mol. The Morgan fingerprint density at radius 2 is 1.86 bits per heavy atom. The van der Waals surface area contributed by atoms with Crippen LogP contribution in [0.5, 0.6) is 5.75 Å². The molecule has 116 valence electrons. The van der Waals surface area contributed by atoms with Crippen LogP contribution in [0.4, 0.5) is 10.1 Å². The van der Waals surface area contributed by atoms with Crippen LogP contribution in [0.1, 0.15) is 16.7 Å². The standard InChI is InChI=1S/C17H17ClFNO2/c1-10-4-5-11(2)17(12(10)3)22-9-16(21)20-15-7-6-13(18)8-14(15)19/h4-8H,9H2,1-3H3,(H,20,21). The van der Waals surface area contributed by atoms with Crippen molar-refractivity contribution in [1.82, 2.24) is 0 Å². The van der Waals surface area contributed by atoms with E-state index < -0.39 is 11.7 Å². The number of benzene rings is 2. The molecule has 0 spiro atoms. The zero-order valence-electron chi connectivity index (χ0n) is 12.7. The van der Waals surface area contributed by atoms with Crippen LogP contribution in [0.2, 0.25) is 5.02 Å². The SMILES string of the molecule is Cc1ccc(C)c(OCC(=O)Nc2ccc(Cl)cc2F)c1C. The highest BCUT2D eigenvalue weighted by Gasteiger charge is 2.11. The van der Waals surface area contributed by atoms with Crippen LogP contribution in [0.15, 0.2) is 30.3 Å². The van der Waals surface area contributed by atoms with Gasteiger partial charge in [-0.1, -0.05) is 23.7 Å². The molecule has 2 aromatic carbocycles. The predicted octanol–water partition coefficient (Wildman–Crippen LogP) is 4.42. The number of amides is 1. The number of halogens is 2. The van der Waals surface area contributed by atoms with Gasteiger partial charge < -0.3 is 10.1 Å². The van der Waals surface area contributed by atoms with Crippen LogP contribution in [0, 0.1) is 26.6 Å². The largest absolute Gasteiger partial charge is 0.483 e. The summed E-state index contributed by atoms with van der Waals surface area (Å²) >= 11 is 5.67. The number of nitrogens with one attached hydrogen (secondary N) is 1. The summed E-state index contributed by atoms with van der Waals surface area (Å²) in [5.74, 6) is -0.322. The number of rotatable bonds is 4. The van der Waals surface area contributed by atoms with E-state index >= 15 is 0 Å². The molecule has 0 aliphatic rings. The van der Waals surface area contributed by atoms with Gasteiger partial charge in [-0.3, -0.25) is 4.79 Å². The van der Waals surface area contributed by atoms with Crippen LogP contribution in [-0.2, 0) is 4.79 Å². The van der Waals surface area contributed by atoms with Crippen molar-refractivity contribution >= 4 is 23.2 Å². The molecule has 22 heavy (non-hydrogen) atoms. The first kappa shape index (κ1) is 16.3. The van der Waals surface area contributed by atoms with Gasteiger partial charge in [-0.15, -0.1) is 0 Å². The molecule has 0 unspecified atom stereocenters. The Morgan fingerprint density at radius 3 is 2.55 bits per heavy atom. The van der Waals surface area contributed by atoms with Crippen molar-refractivity contribution in [1.29, 1.82) is 0 Å². The lowest BCUT2D eigenvalue weighted by Gasteiger charge is -2.14. The smallest absolute Gasteiger partial charge is 0.262 e. The van der Waals surface area contributed by atoms with Gasteiger partial charge in [-0.25, -0.2) is 4.39 Å². The molecule has 2 rings (SSSR count). The normalized spacial score (nSPS) is 10.4. The fourth-order valence-electron chi connectivity index (χ4n) is 2.06. The third-order valence-corrected chi connectivity index (χ3v) is 3.66. The van der Waals surface area contributed by atoms with E-state index in [-0.39, 0.29) is 17.3 Å². The van der Waals surface area contributed by atoms with Gasteiger partial charge in [0.1, 0.15) is 11.6 Å². The fourth-order valence-corrected chi connectivity index (χ4v) is 2.22. The summed E-state index contributed by atoms with van der Waals surface area (Å²) in [5.41, 5.74) is 3.11. The second kappa shape index (κ2) is 6.79. The summed E-state index contributed by atoms with van der Waals surface area (Å²) in [7, 11) is 0. The van der Waals surface area contributed by atoms with Crippen molar-refractivity contribution in [2.24, 2.45) is 0 Å². The van der Waals surface area contributed by atoms with E-state index in [1.54, 1.807) is 0 Å². The molecule has 0 bridgehead atoms. The number of carbonyl (C=O) groups is 1. The lowest BCUT2D eigenvalue weighted by molar-refractivity contribution is -0.118. The maximum atomic E-state index is 13.6. The van der Waals surface area contributed by atoms with Gasteiger partial charge in [-0.05, 0) is 55.7 Å². The van der Waals surface area contributed by atoms with E-state index in [4.69, 9.17) is 16.3 Å². The molecule has 1 N–H and O–H groups in total. The Hall–Kier alpha value is -2.07. The number of hydrogen-bond donors (Lipinski definition) is 1. The van der Waals surface area contributed by atoms with Gasteiger partial charge in [0, 0.05) is 5.02 Å². The first-order valence-corrected chi connectivity index (χ1v) is 7.21. The Morgan fingerprint density at radius 1 is 1.18 bits per heavy atom. The van der Waals surface area contributed by atoms with E-state index in [9.17, 15) is 9.18 Å². The minimum atomic E-state index is -0.580. The number of anilines is 1. The highest BCUT2D eigenvalue weighted by Crippen LogP contribution is 2.25. The predicted molar refractivity (Wildman–Crippen MR) is 86.2 cm³/mol. The number of hydrogen-bond acceptors (Lipinski definition) is 2. The van der Waals surface area contributed by atoms with E-state index in [0.29, 0.717) is 5.75 Å². The molecule has 2 aromatic rings. The number of aryl methyl sites for hydroxylation is 2. The van der Waals surface area contributed by atoms with E-state index in [1.807, 2.05) is 32.9 Å². The van der Waals surface area contributed by atoms with Crippen LogP contribution >= 0.6 is 11.6 Å². The van der Waals surface area contributed by atoms with Gasteiger partial charge in [0.05, 0.1) is 5.69 Å². The molecule has 0 heterocycles. The van der Waals surface area contributed by atoms with Crippen molar-refractivity contribution in [3.05, 3.63) is 57.9 Å². The Labute approximate surface area is 134 Å². The van der Waals surface area contributed by atoms with Gasteiger partial charge in [0.15, 0.2) is 6.61 Å². The average Bonchev–Trinajstić information content (AvgIpc) is 2.46. The summed E-state index contributed by atoms with van der Waals surface area (Å²) in [5, 5.41) is 2.74. The van der Waals surface area contributed by atoms with Crippen LogP contribution in [0.3, 0.4) is 0 Å². The molecule has 0 radical (unpaired) electrons. The lowest BCUT2D eigenvalue weighted by Crippen LogP contribution is -2.21. The van der Waals surface area contributed by atoms with Crippen LogP contribution < -0.4 is 10.1 Å². The Balaban J connectivity index is 2.03. The highest BCUT2D eigenvalue weighted by molar-refractivity contribution is 6.30. The maximum Gasteiger partial charge on any atom is 0.262 e. The van der Waals surface area contributed by atoms with Gasteiger partial charge >= 0.3 is 0 Å². The summed E-state index contributed by atoms with van der Waals surface area (Å²) in [6, 6.07) is 8.01. The molecule has 0 fully saturated rings. The minimum Gasteiger partial charge on any atom is -0.483 e. The van der Waals surface area contributed by atoms with Crippen molar-refractivity contribution in [2.75, 3.05) is 11.9 Å². The molecule has 1 amide bonds. The Bertz CT molecular complexity index is 716. The second-order valence-corrected chi connectivity index (χ2v) is 5.55. The number of carbonyl (C=O) groups excluding carboxylic acids is 1. The summed E-state index contributed by atoms with van der Waals surface area (Å²) in [6.45, 7) is 5.64. The molecule has 0 saturated heterocycles. The maximum absolute atomic E-state index is 13.6. The second-order valence-electron chi connectivity index (χ2n) is 5.11. The van der Waals surface area contributed by atoms with Crippen molar-refractivity contribution in [3.63, 3.8) is 0 Å². The van der Waals surface area contributed by atoms with E-state index in [1.165, 1.54) is 12.1 Å². The molecule has 0 aliphatic carbocycles. The minimum absolute atomic E-state index is 0.0793. The molecule has 5 heteroatoms. The molecule has 0 aliphatic heterocycles. The molecular formula is C17H17ClFNO2. The van der Waals surface area contributed by atoms with Crippen molar-refractivity contribution in [3.8, 4) is 5.75 Å². The lowest BCUT2D eigenvalue weighted by atomic mass is 10.1. The van der Waals surface area contributed by atoms with Crippen molar-refractivity contribution < 1.29 is 13.9 Å². The molecule has 0 aromatic heterocycles. The summed E-state index contributed by atoms with van der Waals surface area (Å²) in [6.07, 6.45) is 0. The quantitative estimate of drug-likeness (QED) is 0.905. The fraction of sp³-hybridized carbons (Fsp3) is 0.235. The molecular weight excluding hydrogens is 305 g/mol. The monoisotopic (exact) mass is 321 g/mol. The van der Waals surface area contributed by atoms with Crippen LogP contribution in [-0.4, -0.2) is 12.5 Å².